The first-order valence-electron chi connectivity index (χ1n) is 7.12. The average Bonchev–Trinajstić information content (AvgIpc) is 2.39. The smallest absolute Gasteiger partial charge is 0.218 e. The van der Waals surface area contributed by atoms with Gasteiger partial charge in [0.25, 0.3) is 0 Å². The number of hydrogen-bond donors (Lipinski definition) is 1. The molecule has 108 valence electrons. The van der Waals surface area contributed by atoms with E-state index in [1.807, 2.05) is 19.9 Å². The van der Waals surface area contributed by atoms with Crippen molar-refractivity contribution in [1.29, 1.82) is 0 Å². The van der Waals surface area contributed by atoms with Gasteiger partial charge < -0.3 is 14.8 Å². The highest BCUT2D eigenvalue weighted by Crippen LogP contribution is 2.14. The summed E-state index contributed by atoms with van der Waals surface area (Å²) in [5.41, 5.74) is 0. The van der Waals surface area contributed by atoms with E-state index in [4.69, 9.17) is 9.47 Å². The van der Waals surface area contributed by atoms with Gasteiger partial charge >= 0.3 is 0 Å². The summed E-state index contributed by atoms with van der Waals surface area (Å²) >= 11 is 0. The molecule has 1 heterocycles. The SMILES string of the molecule is CCCc1nc(NCCCOCC)cc(OCC)n1. The number of rotatable bonds is 10. The van der Waals surface area contributed by atoms with E-state index in [0.29, 0.717) is 12.5 Å². The van der Waals surface area contributed by atoms with Gasteiger partial charge in [-0.05, 0) is 26.7 Å². The highest BCUT2D eigenvalue weighted by atomic mass is 16.5. The van der Waals surface area contributed by atoms with E-state index in [1.165, 1.54) is 0 Å². The van der Waals surface area contributed by atoms with Crippen LogP contribution in [-0.2, 0) is 11.2 Å². The largest absolute Gasteiger partial charge is 0.478 e. The lowest BCUT2D eigenvalue weighted by atomic mass is 10.3. The van der Waals surface area contributed by atoms with Crippen LogP contribution in [-0.4, -0.2) is 36.3 Å². The fourth-order valence-corrected chi connectivity index (χ4v) is 1.66. The molecule has 0 aliphatic rings. The summed E-state index contributed by atoms with van der Waals surface area (Å²) in [6.07, 6.45) is 2.86. The first kappa shape index (κ1) is 15.7. The molecule has 0 radical (unpaired) electrons. The summed E-state index contributed by atoms with van der Waals surface area (Å²) in [7, 11) is 0. The summed E-state index contributed by atoms with van der Waals surface area (Å²) in [5.74, 6) is 2.31. The molecule has 0 atom stereocenters. The van der Waals surface area contributed by atoms with Crippen molar-refractivity contribution in [2.75, 3.05) is 31.7 Å². The Bertz CT molecular complexity index is 334. The van der Waals surface area contributed by atoms with Crippen molar-refractivity contribution in [3.63, 3.8) is 0 Å². The number of aryl methyl sites for hydroxylation is 1. The van der Waals surface area contributed by atoms with Crippen molar-refractivity contribution in [2.24, 2.45) is 0 Å². The second kappa shape index (κ2) is 9.55. The van der Waals surface area contributed by atoms with Crippen molar-refractivity contribution in [3.05, 3.63) is 11.9 Å². The van der Waals surface area contributed by atoms with Gasteiger partial charge in [-0.25, -0.2) is 4.98 Å². The van der Waals surface area contributed by atoms with Gasteiger partial charge in [0.2, 0.25) is 5.88 Å². The van der Waals surface area contributed by atoms with Crippen LogP contribution in [0.3, 0.4) is 0 Å². The summed E-state index contributed by atoms with van der Waals surface area (Å²) in [4.78, 5) is 8.85. The maximum atomic E-state index is 5.46. The molecule has 0 aliphatic carbocycles. The Labute approximate surface area is 115 Å². The molecule has 0 saturated heterocycles. The molecule has 0 saturated carbocycles. The van der Waals surface area contributed by atoms with Crippen LogP contribution in [0.5, 0.6) is 5.88 Å². The van der Waals surface area contributed by atoms with Gasteiger partial charge in [-0.15, -0.1) is 0 Å². The predicted molar refractivity (Wildman–Crippen MR) is 76.8 cm³/mol. The summed E-state index contributed by atoms with van der Waals surface area (Å²) in [6.45, 7) is 9.07. The van der Waals surface area contributed by atoms with Gasteiger partial charge in [0.05, 0.1) is 6.61 Å². The van der Waals surface area contributed by atoms with E-state index in [-0.39, 0.29) is 0 Å². The molecule has 1 aromatic heterocycles. The van der Waals surface area contributed by atoms with Gasteiger partial charge in [0.15, 0.2) is 0 Å². The van der Waals surface area contributed by atoms with Crippen LogP contribution in [0.2, 0.25) is 0 Å². The lowest BCUT2D eigenvalue weighted by Crippen LogP contribution is -2.09. The predicted octanol–water partition coefficient (Wildman–Crippen LogP) is 2.67. The molecule has 0 aliphatic heterocycles. The zero-order valence-electron chi connectivity index (χ0n) is 12.2. The van der Waals surface area contributed by atoms with E-state index < -0.39 is 0 Å². The van der Waals surface area contributed by atoms with Crippen molar-refractivity contribution < 1.29 is 9.47 Å². The number of anilines is 1. The van der Waals surface area contributed by atoms with Crippen LogP contribution in [0.15, 0.2) is 6.07 Å². The first-order valence-corrected chi connectivity index (χ1v) is 7.12. The lowest BCUT2D eigenvalue weighted by Gasteiger charge is -2.10. The number of ether oxygens (including phenoxy) is 2. The number of nitrogens with one attached hydrogen (secondary N) is 1. The van der Waals surface area contributed by atoms with E-state index >= 15 is 0 Å². The molecule has 0 aromatic carbocycles. The molecule has 0 fully saturated rings. The van der Waals surface area contributed by atoms with Crippen LogP contribution in [0.25, 0.3) is 0 Å². The van der Waals surface area contributed by atoms with E-state index in [0.717, 1.165) is 50.7 Å². The lowest BCUT2D eigenvalue weighted by molar-refractivity contribution is 0.147. The Kier molecular flexibility index (Phi) is 7.89. The Balaban J connectivity index is 2.54. The van der Waals surface area contributed by atoms with Gasteiger partial charge in [0, 0.05) is 32.2 Å². The summed E-state index contributed by atoms with van der Waals surface area (Å²) in [5, 5.41) is 3.29. The van der Waals surface area contributed by atoms with Crippen LogP contribution < -0.4 is 10.1 Å². The van der Waals surface area contributed by atoms with Gasteiger partial charge in [-0.3, -0.25) is 0 Å². The third-order valence-corrected chi connectivity index (χ3v) is 2.49. The van der Waals surface area contributed by atoms with Gasteiger partial charge in [-0.2, -0.15) is 4.98 Å². The van der Waals surface area contributed by atoms with Crippen LogP contribution >= 0.6 is 0 Å². The maximum Gasteiger partial charge on any atom is 0.218 e. The average molecular weight is 267 g/mol. The van der Waals surface area contributed by atoms with Crippen molar-refractivity contribution in [2.45, 2.75) is 40.0 Å². The highest BCUT2D eigenvalue weighted by Gasteiger charge is 2.04. The summed E-state index contributed by atoms with van der Waals surface area (Å²) < 4.78 is 10.8. The van der Waals surface area contributed by atoms with Crippen molar-refractivity contribution >= 4 is 5.82 Å². The fraction of sp³-hybridized carbons (Fsp3) is 0.714. The Morgan fingerprint density at radius 3 is 2.68 bits per heavy atom. The van der Waals surface area contributed by atoms with Crippen LogP contribution in [0.1, 0.15) is 39.4 Å². The van der Waals surface area contributed by atoms with Crippen molar-refractivity contribution in [3.8, 4) is 5.88 Å². The first-order chi connectivity index (χ1) is 9.30. The normalized spacial score (nSPS) is 10.5. The second-order valence-corrected chi connectivity index (χ2v) is 4.17. The molecule has 0 unspecified atom stereocenters. The Morgan fingerprint density at radius 1 is 1.16 bits per heavy atom. The molecule has 5 heteroatoms. The van der Waals surface area contributed by atoms with Gasteiger partial charge in [-0.1, -0.05) is 6.92 Å². The minimum Gasteiger partial charge on any atom is -0.478 e. The van der Waals surface area contributed by atoms with Crippen LogP contribution in [0, 0.1) is 0 Å². The minimum absolute atomic E-state index is 0.617. The minimum atomic E-state index is 0.617. The third-order valence-electron chi connectivity index (χ3n) is 2.49. The zero-order chi connectivity index (χ0) is 13.9. The molecule has 1 aromatic rings. The van der Waals surface area contributed by atoms with Gasteiger partial charge in [0.1, 0.15) is 11.6 Å². The molecule has 19 heavy (non-hydrogen) atoms. The molecule has 0 spiro atoms. The number of hydrogen-bond acceptors (Lipinski definition) is 5. The molecule has 5 nitrogen and oxygen atoms in total. The zero-order valence-corrected chi connectivity index (χ0v) is 12.2. The van der Waals surface area contributed by atoms with Crippen LogP contribution in [0.4, 0.5) is 5.82 Å². The fourth-order valence-electron chi connectivity index (χ4n) is 1.66. The van der Waals surface area contributed by atoms with Crippen molar-refractivity contribution in [1.82, 2.24) is 9.97 Å². The highest BCUT2D eigenvalue weighted by molar-refractivity contribution is 5.38. The third kappa shape index (κ3) is 6.38. The molecule has 0 amide bonds. The monoisotopic (exact) mass is 267 g/mol. The topological polar surface area (TPSA) is 56.3 Å². The van der Waals surface area contributed by atoms with E-state index in [9.17, 15) is 0 Å². The standard InChI is InChI=1S/C14H25N3O2/c1-4-8-12-16-13(11-14(17-12)19-6-3)15-9-7-10-18-5-2/h11H,4-10H2,1-3H3,(H,15,16,17). The summed E-state index contributed by atoms with van der Waals surface area (Å²) in [6, 6.07) is 1.85. The maximum absolute atomic E-state index is 5.46. The molecular weight excluding hydrogens is 242 g/mol. The molecular formula is C14H25N3O2. The van der Waals surface area contributed by atoms with E-state index in [1.54, 1.807) is 0 Å². The second-order valence-electron chi connectivity index (χ2n) is 4.17. The quantitative estimate of drug-likeness (QED) is 0.660. The number of aromatic nitrogens is 2. The molecule has 1 rings (SSSR count). The Hall–Kier alpha value is -1.36. The Morgan fingerprint density at radius 2 is 2.00 bits per heavy atom. The van der Waals surface area contributed by atoms with E-state index in [2.05, 4.69) is 22.2 Å². The molecule has 0 bridgehead atoms. The molecule has 1 N–H and O–H groups in total. The number of nitrogens with zero attached hydrogens (tertiary/aromatic N) is 2.